The highest BCUT2D eigenvalue weighted by Gasteiger charge is 2.27. The molecule has 0 aromatic carbocycles. The minimum Gasteiger partial charge on any atom is -0.391 e. The van der Waals surface area contributed by atoms with Gasteiger partial charge in [-0.25, -0.2) is 9.97 Å². The second-order valence-corrected chi connectivity index (χ2v) is 5.52. The lowest BCUT2D eigenvalue weighted by Gasteiger charge is -2.13. The Morgan fingerprint density at radius 3 is 2.50 bits per heavy atom. The first-order valence-electron chi connectivity index (χ1n) is 7.77. The summed E-state index contributed by atoms with van der Waals surface area (Å²) in [5, 5.41) is 16.3. The Balaban J connectivity index is 2.00. The minimum absolute atomic E-state index is 0.314. The Labute approximate surface area is 121 Å². The molecule has 1 aromatic rings. The summed E-state index contributed by atoms with van der Waals surface area (Å²) in [7, 11) is 0. The van der Waals surface area contributed by atoms with E-state index in [1.165, 1.54) is 12.8 Å². The van der Waals surface area contributed by atoms with E-state index in [4.69, 9.17) is 0 Å². The topological polar surface area (TPSA) is 70.1 Å². The molecule has 0 aliphatic heterocycles. The molecule has 1 unspecified atom stereocenters. The maximum atomic E-state index is 9.79. The van der Waals surface area contributed by atoms with Crippen LogP contribution in [-0.2, 0) is 0 Å². The summed E-state index contributed by atoms with van der Waals surface area (Å²) in [5.74, 6) is 3.16. The van der Waals surface area contributed by atoms with E-state index in [0.717, 1.165) is 43.3 Å². The zero-order chi connectivity index (χ0) is 14.4. The van der Waals surface area contributed by atoms with E-state index in [-0.39, 0.29) is 6.10 Å². The molecule has 20 heavy (non-hydrogen) atoms. The fourth-order valence-corrected chi connectivity index (χ4v) is 2.08. The standard InChI is InChI=1S/C15H26N4O/c1-3-5-12(20)10-17-14-9-13(16-8-4-2)18-15(19-14)11-6-7-11/h9,11-12,20H,3-8,10H2,1-2H3,(H2,16,17,18,19). The lowest BCUT2D eigenvalue weighted by atomic mass is 10.2. The first kappa shape index (κ1) is 15.0. The molecule has 1 fully saturated rings. The Morgan fingerprint density at radius 2 is 1.90 bits per heavy atom. The monoisotopic (exact) mass is 278 g/mol. The lowest BCUT2D eigenvalue weighted by molar-refractivity contribution is 0.176. The van der Waals surface area contributed by atoms with Gasteiger partial charge in [0.15, 0.2) is 0 Å². The van der Waals surface area contributed by atoms with Crippen LogP contribution in [0.4, 0.5) is 11.6 Å². The molecule has 0 saturated heterocycles. The molecule has 3 N–H and O–H groups in total. The van der Waals surface area contributed by atoms with Crippen molar-refractivity contribution in [2.45, 2.75) is 58.0 Å². The molecule has 1 heterocycles. The molecule has 0 radical (unpaired) electrons. The van der Waals surface area contributed by atoms with Crippen molar-refractivity contribution in [1.29, 1.82) is 0 Å². The van der Waals surface area contributed by atoms with Crippen LogP contribution in [0.2, 0.25) is 0 Å². The van der Waals surface area contributed by atoms with Crippen molar-refractivity contribution in [3.05, 3.63) is 11.9 Å². The Morgan fingerprint density at radius 1 is 1.20 bits per heavy atom. The molecular formula is C15H26N4O. The zero-order valence-corrected chi connectivity index (χ0v) is 12.5. The number of aliphatic hydroxyl groups excluding tert-OH is 1. The normalized spacial score (nSPS) is 15.9. The number of anilines is 2. The molecular weight excluding hydrogens is 252 g/mol. The third-order valence-corrected chi connectivity index (χ3v) is 3.38. The fraction of sp³-hybridized carbons (Fsp3) is 0.733. The summed E-state index contributed by atoms with van der Waals surface area (Å²) < 4.78 is 0. The van der Waals surface area contributed by atoms with Crippen LogP contribution in [0, 0.1) is 0 Å². The minimum atomic E-state index is -0.314. The lowest BCUT2D eigenvalue weighted by Crippen LogP contribution is -2.20. The number of nitrogens with zero attached hydrogens (tertiary/aromatic N) is 2. The number of rotatable bonds is 9. The quantitative estimate of drug-likeness (QED) is 0.648. The van der Waals surface area contributed by atoms with Crippen LogP contribution in [0.15, 0.2) is 6.07 Å². The number of hydrogen-bond acceptors (Lipinski definition) is 5. The van der Waals surface area contributed by atoms with E-state index in [0.29, 0.717) is 12.5 Å². The van der Waals surface area contributed by atoms with Gasteiger partial charge in [0.1, 0.15) is 17.5 Å². The first-order chi connectivity index (χ1) is 9.72. The van der Waals surface area contributed by atoms with Gasteiger partial charge in [-0.2, -0.15) is 0 Å². The molecule has 2 rings (SSSR count). The van der Waals surface area contributed by atoms with Crippen molar-refractivity contribution >= 4 is 11.6 Å². The smallest absolute Gasteiger partial charge is 0.136 e. The van der Waals surface area contributed by atoms with Crippen LogP contribution in [0.3, 0.4) is 0 Å². The van der Waals surface area contributed by atoms with Crippen molar-refractivity contribution in [2.75, 3.05) is 23.7 Å². The van der Waals surface area contributed by atoms with Gasteiger partial charge >= 0.3 is 0 Å². The summed E-state index contributed by atoms with van der Waals surface area (Å²) in [6.45, 7) is 5.67. The van der Waals surface area contributed by atoms with Crippen LogP contribution < -0.4 is 10.6 Å². The molecule has 5 nitrogen and oxygen atoms in total. The van der Waals surface area contributed by atoms with Crippen LogP contribution in [0.5, 0.6) is 0 Å². The molecule has 1 atom stereocenters. The van der Waals surface area contributed by atoms with Gasteiger partial charge < -0.3 is 15.7 Å². The third kappa shape index (κ3) is 4.63. The maximum absolute atomic E-state index is 9.79. The van der Waals surface area contributed by atoms with Gasteiger partial charge in [-0.15, -0.1) is 0 Å². The highest BCUT2D eigenvalue weighted by atomic mass is 16.3. The van der Waals surface area contributed by atoms with E-state index in [9.17, 15) is 5.11 Å². The van der Waals surface area contributed by atoms with Crippen molar-refractivity contribution < 1.29 is 5.11 Å². The molecule has 112 valence electrons. The fourth-order valence-electron chi connectivity index (χ4n) is 2.08. The third-order valence-electron chi connectivity index (χ3n) is 3.38. The summed E-state index contributed by atoms with van der Waals surface area (Å²) in [6.07, 6.45) is 4.94. The average molecular weight is 278 g/mol. The molecule has 5 heteroatoms. The van der Waals surface area contributed by atoms with Gasteiger partial charge in [-0.3, -0.25) is 0 Å². The Bertz CT molecular complexity index is 420. The predicted molar refractivity (Wildman–Crippen MR) is 82.2 cm³/mol. The van der Waals surface area contributed by atoms with E-state index < -0.39 is 0 Å². The zero-order valence-electron chi connectivity index (χ0n) is 12.5. The molecule has 0 bridgehead atoms. The van der Waals surface area contributed by atoms with Gasteiger partial charge in [-0.1, -0.05) is 20.3 Å². The maximum Gasteiger partial charge on any atom is 0.136 e. The van der Waals surface area contributed by atoms with E-state index >= 15 is 0 Å². The van der Waals surface area contributed by atoms with Crippen molar-refractivity contribution in [3.8, 4) is 0 Å². The largest absolute Gasteiger partial charge is 0.391 e. The molecule has 1 saturated carbocycles. The van der Waals surface area contributed by atoms with Gasteiger partial charge in [0.25, 0.3) is 0 Å². The number of nitrogens with one attached hydrogen (secondary N) is 2. The van der Waals surface area contributed by atoms with Crippen LogP contribution in [0.1, 0.15) is 57.7 Å². The van der Waals surface area contributed by atoms with Crippen molar-refractivity contribution in [2.24, 2.45) is 0 Å². The van der Waals surface area contributed by atoms with Crippen LogP contribution in [-0.4, -0.2) is 34.3 Å². The predicted octanol–water partition coefficient (Wildman–Crippen LogP) is 2.75. The average Bonchev–Trinajstić information content (AvgIpc) is 3.28. The SMILES string of the molecule is CCCNc1cc(NCC(O)CCC)nc(C2CC2)n1. The number of aliphatic hydroxyl groups is 1. The number of aromatic nitrogens is 2. The molecule has 1 aliphatic carbocycles. The summed E-state index contributed by atoms with van der Waals surface area (Å²) in [5.41, 5.74) is 0. The number of hydrogen-bond donors (Lipinski definition) is 3. The Kier molecular flexibility index (Phi) is 5.59. The van der Waals surface area contributed by atoms with Crippen molar-refractivity contribution in [1.82, 2.24) is 9.97 Å². The van der Waals surface area contributed by atoms with Gasteiger partial charge in [0.05, 0.1) is 6.10 Å². The first-order valence-corrected chi connectivity index (χ1v) is 7.77. The second kappa shape index (κ2) is 7.43. The van der Waals surface area contributed by atoms with E-state index in [2.05, 4.69) is 34.4 Å². The molecule has 1 aliphatic rings. The van der Waals surface area contributed by atoms with Gasteiger partial charge in [-0.05, 0) is 25.7 Å². The summed E-state index contributed by atoms with van der Waals surface area (Å²) >= 11 is 0. The van der Waals surface area contributed by atoms with Crippen LogP contribution >= 0.6 is 0 Å². The molecule has 1 aromatic heterocycles. The van der Waals surface area contributed by atoms with Crippen LogP contribution in [0.25, 0.3) is 0 Å². The van der Waals surface area contributed by atoms with Gasteiger partial charge in [0, 0.05) is 25.1 Å². The van der Waals surface area contributed by atoms with E-state index in [1.54, 1.807) is 0 Å². The highest BCUT2D eigenvalue weighted by Crippen LogP contribution is 2.38. The summed E-state index contributed by atoms with van der Waals surface area (Å²) in [4.78, 5) is 9.13. The van der Waals surface area contributed by atoms with Crippen molar-refractivity contribution in [3.63, 3.8) is 0 Å². The highest BCUT2D eigenvalue weighted by molar-refractivity contribution is 5.48. The Hall–Kier alpha value is -1.36. The molecule has 0 amide bonds. The van der Waals surface area contributed by atoms with Gasteiger partial charge in [0.2, 0.25) is 0 Å². The second-order valence-electron chi connectivity index (χ2n) is 5.52. The summed E-state index contributed by atoms with van der Waals surface area (Å²) in [6, 6.07) is 1.93. The van der Waals surface area contributed by atoms with E-state index in [1.807, 2.05) is 6.07 Å². The molecule has 0 spiro atoms.